The number of methoxy groups -OCH3 is 1. The van der Waals surface area contributed by atoms with Crippen molar-refractivity contribution >= 4 is 44.1 Å². The Kier molecular flexibility index (Phi) is 6.60. The fourth-order valence-corrected chi connectivity index (χ4v) is 4.76. The molecule has 1 amide bonds. The highest BCUT2D eigenvalue weighted by molar-refractivity contribution is 7.89. The van der Waals surface area contributed by atoms with Gasteiger partial charge in [0.15, 0.2) is 0 Å². The van der Waals surface area contributed by atoms with Crippen molar-refractivity contribution in [2.24, 2.45) is 5.92 Å². The largest absolute Gasteiger partial charge is 0.495 e. The van der Waals surface area contributed by atoms with Gasteiger partial charge in [0.25, 0.3) is 0 Å². The van der Waals surface area contributed by atoms with E-state index in [1.807, 2.05) is 0 Å². The van der Waals surface area contributed by atoms with E-state index in [4.69, 9.17) is 16.3 Å². The summed E-state index contributed by atoms with van der Waals surface area (Å²) in [6.07, 6.45) is 1.53. The lowest BCUT2D eigenvalue weighted by Crippen LogP contribution is -2.47. The first-order valence-electron chi connectivity index (χ1n) is 9.23. The summed E-state index contributed by atoms with van der Waals surface area (Å²) in [6, 6.07) is 12.2. The Bertz CT molecular complexity index is 1180. The third-order valence-corrected chi connectivity index (χ3v) is 6.30. The van der Waals surface area contributed by atoms with Gasteiger partial charge in [-0.15, -0.1) is 0 Å². The molecule has 0 saturated carbocycles. The fraction of sp³-hybridized carbons (Fsp3) is 0.238. The number of pyridine rings is 1. The van der Waals surface area contributed by atoms with Gasteiger partial charge in [-0.05, 0) is 36.2 Å². The van der Waals surface area contributed by atoms with Gasteiger partial charge in [0.05, 0.1) is 17.6 Å². The monoisotopic (exact) mass is 447 g/mol. The normalized spacial score (nSPS) is 12.7. The number of hydrogen-bond donors (Lipinski definition) is 2. The third-order valence-electron chi connectivity index (χ3n) is 4.54. The van der Waals surface area contributed by atoms with Gasteiger partial charge >= 0.3 is 0 Å². The lowest BCUT2D eigenvalue weighted by molar-refractivity contribution is -0.118. The molecule has 3 aromatic rings. The molecule has 1 unspecified atom stereocenters. The molecule has 0 radical (unpaired) electrons. The quantitative estimate of drug-likeness (QED) is 0.573. The SMILES string of the molecule is COc1ccc(NC(=O)C(NS(=O)(=O)c2cccc3cccnc23)C(C)C)cc1Cl. The second kappa shape index (κ2) is 8.99. The van der Waals surface area contributed by atoms with Crippen LogP contribution in [0.2, 0.25) is 5.02 Å². The number of aromatic nitrogens is 1. The number of sulfonamides is 1. The molecule has 2 aromatic carbocycles. The predicted molar refractivity (Wildman–Crippen MR) is 117 cm³/mol. The second-order valence-corrected chi connectivity index (χ2v) is 9.10. The molecule has 30 heavy (non-hydrogen) atoms. The van der Waals surface area contributed by atoms with Gasteiger partial charge in [-0.1, -0.05) is 43.6 Å². The van der Waals surface area contributed by atoms with Crippen LogP contribution in [0.5, 0.6) is 5.75 Å². The first-order chi connectivity index (χ1) is 14.2. The minimum Gasteiger partial charge on any atom is -0.495 e. The molecule has 0 aliphatic carbocycles. The number of anilines is 1. The number of ether oxygens (including phenoxy) is 1. The van der Waals surface area contributed by atoms with Crippen molar-refractivity contribution in [3.8, 4) is 5.75 Å². The lowest BCUT2D eigenvalue weighted by atomic mass is 10.0. The van der Waals surface area contributed by atoms with Crippen LogP contribution in [-0.4, -0.2) is 32.5 Å². The van der Waals surface area contributed by atoms with E-state index in [2.05, 4.69) is 15.0 Å². The molecule has 3 rings (SSSR count). The number of nitrogens with zero attached hydrogens (tertiary/aromatic N) is 1. The molecular weight excluding hydrogens is 426 g/mol. The standard InChI is InChI=1S/C21H22ClN3O4S/c1-13(2)19(21(26)24-15-9-10-17(29-3)16(22)12-15)25-30(27,28)18-8-4-6-14-7-5-11-23-20(14)18/h4-13,19,25H,1-3H3,(H,24,26). The zero-order valence-corrected chi connectivity index (χ0v) is 18.3. The van der Waals surface area contributed by atoms with Gasteiger partial charge < -0.3 is 10.1 Å². The van der Waals surface area contributed by atoms with E-state index in [1.54, 1.807) is 56.3 Å². The first-order valence-corrected chi connectivity index (χ1v) is 11.1. The third kappa shape index (κ3) is 4.72. The molecule has 0 aliphatic rings. The number of para-hydroxylation sites is 1. The first kappa shape index (κ1) is 22.0. The van der Waals surface area contributed by atoms with Gasteiger partial charge in [-0.2, -0.15) is 4.72 Å². The molecule has 9 heteroatoms. The van der Waals surface area contributed by atoms with Crippen LogP contribution in [0.1, 0.15) is 13.8 Å². The summed E-state index contributed by atoms with van der Waals surface area (Å²) in [5.41, 5.74) is 0.778. The van der Waals surface area contributed by atoms with Crippen LogP contribution >= 0.6 is 11.6 Å². The highest BCUT2D eigenvalue weighted by Crippen LogP contribution is 2.27. The van der Waals surface area contributed by atoms with E-state index in [9.17, 15) is 13.2 Å². The van der Waals surface area contributed by atoms with Crippen LogP contribution in [-0.2, 0) is 14.8 Å². The van der Waals surface area contributed by atoms with Crippen molar-refractivity contribution in [3.63, 3.8) is 0 Å². The van der Waals surface area contributed by atoms with Gasteiger partial charge in [0.1, 0.15) is 16.7 Å². The second-order valence-electron chi connectivity index (χ2n) is 7.01. The summed E-state index contributed by atoms with van der Waals surface area (Å²) in [4.78, 5) is 17.1. The maximum absolute atomic E-state index is 13.1. The van der Waals surface area contributed by atoms with Crippen molar-refractivity contribution in [1.82, 2.24) is 9.71 Å². The molecule has 1 aromatic heterocycles. The van der Waals surface area contributed by atoms with Gasteiger partial charge in [0, 0.05) is 17.3 Å². The number of carbonyl (C=O) groups is 1. The van der Waals surface area contributed by atoms with Gasteiger partial charge in [-0.25, -0.2) is 8.42 Å². The van der Waals surface area contributed by atoms with Crippen LogP contribution < -0.4 is 14.8 Å². The zero-order valence-electron chi connectivity index (χ0n) is 16.7. The van der Waals surface area contributed by atoms with E-state index in [0.717, 1.165) is 0 Å². The minimum atomic E-state index is -4.01. The van der Waals surface area contributed by atoms with Gasteiger partial charge in [0.2, 0.25) is 15.9 Å². The van der Waals surface area contributed by atoms with E-state index in [1.165, 1.54) is 19.4 Å². The highest BCUT2D eigenvalue weighted by Gasteiger charge is 2.29. The summed E-state index contributed by atoms with van der Waals surface area (Å²) in [6.45, 7) is 3.52. The molecule has 1 heterocycles. The number of rotatable bonds is 7. The van der Waals surface area contributed by atoms with E-state index < -0.39 is 22.0 Å². The summed E-state index contributed by atoms with van der Waals surface area (Å²) in [5, 5.41) is 3.73. The molecule has 158 valence electrons. The molecule has 1 atom stereocenters. The zero-order chi connectivity index (χ0) is 21.9. The smallest absolute Gasteiger partial charge is 0.243 e. The van der Waals surface area contributed by atoms with Crippen molar-refractivity contribution in [2.45, 2.75) is 24.8 Å². The van der Waals surface area contributed by atoms with Crippen molar-refractivity contribution in [3.05, 3.63) is 59.8 Å². The van der Waals surface area contributed by atoms with Crippen molar-refractivity contribution in [2.75, 3.05) is 12.4 Å². The number of benzene rings is 2. The maximum Gasteiger partial charge on any atom is 0.243 e. The topological polar surface area (TPSA) is 97.4 Å². The van der Waals surface area contributed by atoms with Crippen LogP contribution in [0.3, 0.4) is 0 Å². The molecule has 0 aliphatic heterocycles. The molecule has 0 bridgehead atoms. The molecule has 7 nitrogen and oxygen atoms in total. The maximum atomic E-state index is 13.1. The Labute approximate surface area is 180 Å². The Hall–Kier alpha value is -2.68. The van der Waals surface area contributed by atoms with Crippen LogP contribution in [0, 0.1) is 5.92 Å². The molecule has 2 N–H and O–H groups in total. The molecule has 0 fully saturated rings. The van der Waals surface area contributed by atoms with Crippen molar-refractivity contribution in [1.29, 1.82) is 0 Å². The van der Waals surface area contributed by atoms with Crippen LogP contribution in [0.4, 0.5) is 5.69 Å². The average Bonchev–Trinajstić information content (AvgIpc) is 2.71. The minimum absolute atomic E-state index is 0.0199. The number of amides is 1. The molecule has 0 saturated heterocycles. The summed E-state index contributed by atoms with van der Waals surface area (Å²) < 4.78 is 33.8. The Balaban J connectivity index is 1.87. The van der Waals surface area contributed by atoms with E-state index >= 15 is 0 Å². The van der Waals surface area contributed by atoms with Crippen LogP contribution in [0.15, 0.2) is 59.6 Å². The Morgan fingerprint density at radius 2 is 1.87 bits per heavy atom. The summed E-state index contributed by atoms with van der Waals surface area (Å²) >= 11 is 6.10. The lowest BCUT2D eigenvalue weighted by Gasteiger charge is -2.22. The Morgan fingerprint density at radius 1 is 1.13 bits per heavy atom. The number of fused-ring (bicyclic) bond motifs is 1. The van der Waals surface area contributed by atoms with Gasteiger partial charge in [-0.3, -0.25) is 9.78 Å². The number of nitrogens with one attached hydrogen (secondary N) is 2. The fourth-order valence-electron chi connectivity index (χ4n) is 2.98. The number of carbonyl (C=O) groups excluding carboxylic acids is 1. The molecular formula is C21H22ClN3O4S. The van der Waals surface area contributed by atoms with E-state index in [0.29, 0.717) is 27.4 Å². The average molecular weight is 448 g/mol. The Morgan fingerprint density at radius 3 is 2.53 bits per heavy atom. The summed E-state index contributed by atoms with van der Waals surface area (Å²) in [7, 11) is -2.52. The predicted octanol–water partition coefficient (Wildman–Crippen LogP) is 3.84. The summed E-state index contributed by atoms with van der Waals surface area (Å²) in [5.74, 6) is -0.335. The number of hydrogen-bond acceptors (Lipinski definition) is 5. The van der Waals surface area contributed by atoms with Crippen molar-refractivity contribution < 1.29 is 17.9 Å². The molecule has 0 spiro atoms. The van der Waals surface area contributed by atoms with Crippen LogP contribution in [0.25, 0.3) is 10.9 Å². The number of halogens is 1. The highest BCUT2D eigenvalue weighted by atomic mass is 35.5. The van der Waals surface area contributed by atoms with E-state index in [-0.39, 0.29) is 10.8 Å².